The van der Waals surface area contributed by atoms with E-state index in [0.717, 1.165) is 21.7 Å². The van der Waals surface area contributed by atoms with Crippen molar-refractivity contribution in [2.45, 2.75) is 6.92 Å². The normalized spacial score (nSPS) is 10.9. The van der Waals surface area contributed by atoms with E-state index in [2.05, 4.69) is 15.3 Å². The topological polar surface area (TPSA) is 54.9 Å². The highest BCUT2D eigenvalue weighted by atomic mass is 32.1. The molecule has 0 radical (unpaired) electrons. The summed E-state index contributed by atoms with van der Waals surface area (Å²) in [7, 11) is 0. The van der Waals surface area contributed by atoms with Gasteiger partial charge in [-0.1, -0.05) is 6.07 Å². The van der Waals surface area contributed by atoms with Crippen LogP contribution in [-0.4, -0.2) is 15.9 Å². The van der Waals surface area contributed by atoms with Gasteiger partial charge in [0.1, 0.15) is 5.82 Å². The lowest BCUT2D eigenvalue weighted by molar-refractivity contribution is -0.111. The smallest absolute Gasteiger partial charge is 0.250 e. The summed E-state index contributed by atoms with van der Waals surface area (Å²) in [6.45, 7) is 1.91. The van der Waals surface area contributed by atoms with Crippen LogP contribution >= 0.6 is 11.3 Å². The van der Waals surface area contributed by atoms with Gasteiger partial charge < -0.3 is 0 Å². The monoisotopic (exact) mass is 339 g/mol. The fourth-order valence-corrected chi connectivity index (χ4v) is 2.96. The molecular weight excluding hydrogens is 325 g/mol. The van der Waals surface area contributed by atoms with Gasteiger partial charge in [0.25, 0.3) is 0 Å². The summed E-state index contributed by atoms with van der Waals surface area (Å²) in [4.78, 5) is 21.3. The molecule has 0 bridgehead atoms. The Morgan fingerprint density at radius 2 is 2.04 bits per heavy atom. The van der Waals surface area contributed by atoms with Crippen molar-refractivity contribution < 1.29 is 9.18 Å². The van der Waals surface area contributed by atoms with E-state index in [1.54, 1.807) is 36.7 Å². The summed E-state index contributed by atoms with van der Waals surface area (Å²) < 4.78 is 13.0. The number of benzene rings is 1. The number of pyridine rings is 1. The molecule has 4 nitrogen and oxygen atoms in total. The summed E-state index contributed by atoms with van der Waals surface area (Å²) in [6.07, 6.45) is 6.46. The largest absolute Gasteiger partial charge is 0.298 e. The van der Waals surface area contributed by atoms with Crippen LogP contribution in [0.15, 0.2) is 54.9 Å². The molecule has 0 spiro atoms. The zero-order valence-corrected chi connectivity index (χ0v) is 13.7. The average molecular weight is 339 g/mol. The van der Waals surface area contributed by atoms with E-state index in [1.807, 2.05) is 13.0 Å². The first kappa shape index (κ1) is 16.0. The molecule has 1 aromatic carbocycles. The number of carbonyl (C=O) groups is 1. The maximum atomic E-state index is 13.0. The highest BCUT2D eigenvalue weighted by molar-refractivity contribution is 7.16. The van der Waals surface area contributed by atoms with Gasteiger partial charge in [-0.05, 0) is 48.9 Å². The van der Waals surface area contributed by atoms with Crippen molar-refractivity contribution >= 4 is 28.5 Å². The molecule has 0 atom stereocenters. The Bertz CT molecular complexity index is 873. The van der Waals surface area contributed by atoms with Gasteiger partial charge in [-0.2, -0.15) is 0 Å². The van der Waals surface area contributed by atoms with Gasteiger partial charge in [0.05, 0.1) is 5.69 Å². The van der Waals surface area contributed by atoms with Crippen molar-refractivity contribution in [3.8, 4) is 11.3 Å². The zero-order chi connectivity index (χ0) is 16.9. The number of thiazole rings is 1. The van der Waals surface area contributed by atoms with Crippen molar-refractivity contribution in [2.24, 2.45) is 0 Å². The number of hydrogen-bond donors (Lipinski definition) is 1. The van der Waals surface area contributed by atoms with Crippen LogP contribution in [0.2, 0.25) is 0 Å². The fourth-order valence-electron chi connectivity index (χ4n) is 2.12. The molecule has 0 aliphatic rings. The number of nitrogens with one attached hydrogen (secondary N) is 1. The molecule has 1 amide bonds. The number of aryl methyl sites for hydroxylation is 1. The minimum Gasteiger partial charge on any atom is -0.298 e. The Kier molecular flexibility index (Phi) is 4.77. The van der Waals surface area contributed by atoms with Crippen LogP contribution in [0.3, 0.4) is 0 Å². The summed E-state index contributed by atoms with van der Waals surface area (Å²) in [5.74, 6) is -0.557. The Labute approximate surface area is 142 Å². The van der Waals surface area contributed by atoms with Crippen LogP contribution in [0.25, 0.3) is 17.3 Å². The molecule has 0 saturated heterocycles. The number of anilines is 1. The third kappa shape index (κ3) is 3.91. The predicted molar refractivity (Wildman–Crippen MR) is 94.1 cm³/mol. The van der Waals surface area contributed by atoms with Crippen LogP contribution in [-0.2, 0) is 4.79 Å². The van der Waals surface area contributed by atoms with E-state index < -0.39 is 0 Å². The SMILES string of the molecule is Cc1sc(NC(=O)/C=C/c2cccnc2)nc1-c1ccc(F)cc1. The molecule has 2 heterocycles. The fraction of sp³-hybridized carbons (Fsp3) is 0.0556. The Morgan fingerprint density at radius 1 is 1.25 bits per heavy atom. The van der Waals surface area contributed by atoms with Crippen LogP contribution in [0, 0.1) is 12.7 Å². The number of aromatic nitrogens is 2. The highest BCUT2D eigenvalue weighted by Gasteiger charge is 2.11. The van der Waals surface area contributed by atoms with Gasteiger partial charge in [-0.15, -0.1) is 11.3 Å². The first-order valence-electron chi connectivity index (χ1n) is 7.24. The number of nitrogens with zero attached hydrogens (tertiary/aromatic N) is 2. The lowest BCUT2D eigenvalue weighted by Crippen LogP contribution is -2.07. The molecule has 0 unspecified atom stereocenters. The van der Waals surface area contributed by atoms with Crippen molar-refractivity contribution in [3.63, 3.8) is 0 Å². The molecule has 0 aliphatic heterocycles. The number of hydrogen-bond acceptors (Lipinski definition) is 4. The van der Waals surface area contributed by atoms with Gasteiger partial charge in [0.2, 0.25) is 5.91 Å². The van der Waals surface area contributed by atoms with Crippen LogP contribution < -0.4 is 5.32 Å². The summed E-state index contributed by atoms with van der Waals surface area (Å²) in [5, 5.41) is 3.25. The zero-order valence-electron chi connectivity index (χ0n) is 12.9. The lowest BCUT2D eigenvalue weighted by Gasteiger charge is -1.98. The molecule has 0 aliphatic carbocycles. The van der Waals surface area contributed by atoms with Crippen molar-refractivity contribution in [1.82, 2.24) is 9.97 Å². The van der Waals surface area contributed by atoms with E-state index in [1.165, 1.54) is 29.5 Å². The molecular formula is C18H14FN3OS. The molecule has 2 aromatic heterocycles. The highest BCUT2D eigenvalue weighted by Crippen LogP contribution is 2.30. The third-order valence-corrected chi connectivity index (χ3v) is 4.14. The molecule has 1 N–H and O–H groups in total. The summed E-state index contributed by atoms with van der Waals surface area (Å²) in [6, 6.07) is 9.79. The van der Waals surface area contributed by atoms with E-state index in [9.17, 15) is 9.18 Å². The predicted octanol–water partition coefficient (Wildman–Crippen LogP) is 4.30. The second-order valence-electron chi connectivity index (χ2n) is 5.04. The number of carbonyl (C=O) groups excluding carboxylic acids is 1. The number of rotatable bonds is 4. The first-order valence-corrected chi connectivity index (χ1v) is 8.06. The summed E-state index contributed by atoms with van der Waals surface area (Å²) >= 11 is 1.38. The van der Waals surface area contributed by atoms with Gasteiger partial charge in [0, 0.05) is 28.9 Å². The number of halogens is 1. The molecule has 24 heavy (non-hydrogen) atoms. The third-order valence-electron chi connectivity index (χ3n) is 3.26. The van der Waals surface area contributed by atoms with E-state index in [4.69, 9.17) is 0 Å². The van der Waals surface area contributed by atoms with Crippen molar-refractivity contribution in [3.05, 3.63) is 71.1 Å². The quantitative estimate of drug-likeness (QED) is 0.721. The minimum absolute atomic E-state index is 0.266. The second kappa shape index (κ2) is 7.14. The molecule has 3 rings (SSSR count). The van der Waals surface area contributed by atoms with E-state index in [0.29, 0.717) is 5.13 Å². The maximum Gasteiger partial charge on any atom is 0.250 e. The first-order chi connectivity index (χ1) is 11.6. The Hall–Kier alpha value is -2.86. The van der Waals surface area contributed by atoms with Gasteiger partial charge >= 0.3 is 0 Å². The lowest BCUT2D eigenvalue weighted by atomic mass is 10.1. The van der Waals surface area contributed by atoms with Gasteiger partial charge in [-0.3, -0.25) is 15.1 Å². The molecule has 3 aromatic rings. The van der Waals surface area contributed by atoms with Gasteiger partial charge in [0.15, 0.2) is 5.13 Å². The Morgan fingerprint density at radius 3 is 2.75 bits per heavy atom. The van der Waals surface area contributed by atoms with Crippen molar-refractivity contribution in [2.75, 3.05) is 5.32 Å². The van der Waals surface area contributed by atoms with Crippen LogP contribution in [0.5, 0.6) is 0 Å². The van der Waals surface area contributed by atoms with Crippen LogP contribution in [0.1, 0.15) is 10.4 Å². The molecule has 120 valence electrons. The average Bonchev–Trinajstić information content (AvgIpc) is 2.95. The minimum atomic E-state index is -0.291. The summed E-state index contributed by atoms with van der Waals surface area (Å²) in [5.41, 5.74) is 2.40. The molecule has 0 saturated carbocycles. The van der Waals surface area contributed by atoms with E-state index >= 15 is 0 Å². The Balaban J connectivity index is 1.72. The van der Waals surface area contributed by atoms with Crippen LogP contribution in [0.4, 0.5) is 9.52 Å². The molecule has 0 fully saturated rings. The maximum absolute atomic E-state index is 13.0. The van der Waals surface area contributed by atoms with Gasteiger partial charge in [-0.25, -0.2) is 9.37 Å². The molecule has 6 heteroatoms. The van der Waals surface area contributed by atoms with Crippen molar-refractivity contribution in [1.29, 1.82) is 0 Å². The standard InChI is InChI=1S/C18H14FN3OS/c1-12-17(14-5-7-15(19)8-6-14)22-18(24-12)21-16(23)9-4-13-3-2-10-20-11-13/h2-11H,1H3,(H,21,22,23)/b9-4+. The van der Waals surface area contributed by atoms with E-state index in [-0.39, 0.29) is 11.7 Å². The number of amides is 1. The second-order valence-corrected chi connectivity index (χ2v) is 6.24.